The predicted octanol–water partition coefficient (Wildman–Crippen LogP) is 1.01. The lowest BCUT2D eigenvalue weighted by Gasteiger charge is -1.97. The first-order valence-corrected chi connectivity index (χ1v) is 4.66. The zero-order valence-electron chi connectivity index (χ0n) is 7.34. The van der Waals surface area contributed by atoms with Crippen LogP contribution in [0.25, 0.3) is 0 Å². The van der Waals surface area contributed by atoms with Crippen molar-refractivity contribution in [2.24, 2.45) is 0 Å². The van der Waals surface area contributed by atoms with Crippen LogP contribution in [0.3, 0.4) is 0 Å². The molecule has 0 fully saturated rings. The number of aromatic carboxylic acids is 1. The third-order valence-corrected chi connectivity index (χ3v) is 2.23. The molecule has 1 aromatic carbocycles. The summed E-state index contributed by atoms with van der Waals surface area (Å²) in [5.41, 5.74) is -0.185. The molecule has 0 aliphatic carbocycles. The third kappa shape index (κ3) is 2.80. The van der Waals surface area contributed by atoms with Gasteiger partial charge in [-0.1, -0.05) is 6.07 Å². The van der Waals surface area contributed by atoms with Gasteiger partial charge in [0.25, 0.3) is 10.1 Å². The predicted molar refractivity (Wildman–Crippen MR) is 49.2 cm³/mol. The van der Waals surface area contributed by atoms with Crippen molar-refractivity contribution in [2.45, 2.75) is 4.90 Å². The monoisotopic (exact) mass is 220 g/mol. The van der Waals surface area contributed by atoms with Gasteiger partial charge in [-0.15, -0.1) is 0 Å². The molecule has 6 nitrogen and oxygen atoms in total. The van der Waals surface area contributed by atoms with Gasteiger partial charge < -0.3 is 11.3 Å². The van der Waals surface area contributed by atoms with Gasteiger partial charge in [0.15, 0.2) is 0 Å². The minimum absolute atomic E-state index is 0. The van der Waals surface area contributed by atoms with Crippen molar-refractivity contribution in [3.05, 3.63) is 29.8 Å². The molecule has 6 N–H and O–H groups in total. The standard InChI is InChI=1S/C7H6O5S.H3N/c8-7(9)5-2-1-3-6(4-5)13(10,11)12;/h1-4H,(H,8,9)(H,10,11,12);1H3/p+1. The summed E-state index contributed by atoms with van der Waals surface area (Å²) in [4.78, 5) is 9.98. The summed E-state index contributed by atoms with van der Waals surface area (Å²) < 4.78 is 29.7. The van der Waals surface area contributed by atoms with Crippen LogP contribution in [0.4, 0.5) is 0 Å². The molecular weight excluding hydrogens is 210 g/mol. The molecule has 0 aromatic heterocycles. The summed E-state index contributed by atoms with van der Waals surface area (Å²) in [5, 5.41) is 8.50. The summed E-state index contributed by atoms with van der Waals surface area (Å²) in [6.07, 6.45) is 0. The Hall–Kier alpha value is -1.44. The van der Waals surface area contributed by atoms with Crippen LogP contribution in [0.15, 0.2) is 29.2 Å². The lowest BCUT2D eigenvalue weighted by molar-refractivity contribution is 0.0696. The molecule has 78 valence electrons. The van der Waals surface area contributed by atoms with Crippen LogP contribution in [0, 0.1) is 0 Å². The highest BCUT2D eigenvalue weighted by Gasteiger charge is 2.11. The molecule has 0 aliphatic rings. The van der Waals surface area contributed by atoms with Crippen molar-refractivity contribution in [3.63, 3.8) is 0 Å². The van der Waals surface area contributed by atoms with Gasteiger partial charge in [-0.3, -0.25) is 4.55 Å². The van der Waals surface area contributed by atoms with E-state index in [4.69, 9.17) is 9.66 Å². The Balaban J connectivity index is 0.00000169. The first-order chi connectivity index (χ1) is 5.91. The number of benzene rings is 1. The maximum Gasteiger partial charge on any atom is 0.335 e. The highest BCUT2D eigenvalue weighted by atomic mass is 32.2. The largest absolute Gasteiger partial charge is 0.478 e. The van der Waals surface area contributed by atoms with Crippen molar-refractivity contribution in [3.8, 4) is 0 Å². The zero-order valence-corrected chi connectivity index (χ0v) is 8.15. The van der Waals surface area contributed by atoms with E-state index in [9.17, 15) is 13.2 Å². The van der Waals surface area contributed by atoms with Gasteiger partial charge in [0, 0.05) is 0 Å². The molecule has 0 amide bonds. The molecule has 7 heteroatoms. The van der Waals surface area contributed by atoms with Crippen LogP contribution in [0.1, 0.15) is 10.4 Å². The molecule has 0 aliphatic heterocycles. The summed E-state index contributed by atoms with van der Waals surface area (Å²) >= 11 is 0. The third-order valence-electron chi connectivity index (χ3n) is 1.38. The van der Waals surface area contributed by atoms with Crippen LogP contribution in [-0.2, 0) is 10.1 Å². The fourth-order valence-electron chi connectivity index (χ4n) is 0.790. The van der Waals surface area contributed by atoms with Crippen LogP contribution in [-0.4, -0.2) is 24.0 Å². The van der Waals surface area contributed by atoms with Gasteiger partial charge in [0.2, 0.25) is 0 Å². The minimum Gasteiger partial charge on any atom is -0.478 e. The molecule has 0 saturated carbocycles. The molecule has 14 heavy (non-hydrogen) atoms. The molecule has 1 rings (SSSR count). The second-order valence-electron chi connectivity index (χ2n) is 2.31. The van der Waals surface area contributed by atoms with E-state index in [0.717, 1.165) is 12.1 Å². The average molecular weight is 220 g/mol. The van der Waals surface area contributed by atoms with E-state index in [1.165, 1.54) is 12.1 Å². The zero-order chi connectivity index (χ0) is 10.1. The first-order valence-electron chi connectivity index (χ1n) is 3.22. The summed E-state index contributed by atoms with van der Waals surface area (Å²) in [6.45, 7) is 0. The maximum atomic E-state index is 10.6. The van der Waals surface area contributed by atoms with Crippen molar-refractivity contribution >= 4 is 16.1 Å². The van der Waals surface area contributed by atoms with Gasteiger partial charge in [0.1, 0.15) is 0 Å². The quantitative estimate of drug-likeness (QED) is 0.640. The van der Waals surface area contributed by atoms with E-state index in [1.54, 1.807) is 0 Å². The molecular formula is C7H10NO5S+. The van der Waals surface area contributed by atoms with Gasteiger partial charge in [-0.2, -0.15) is 8.42 Å². The van der Waals surface area contributed by atoms with Crippen LogP contribution < -0.4 is 6.15 Å². The number of hydrogen-bond donors (Lipinski definition) is 3. The van der Waals surface area contributed by atoms with E-state index in [0.29, 0.717) is 0 Å². The first kappa shape index (κ1) is 12.6. The Morgan fingerprint density at radius 2 is 1.86 bits per heavy atom. The van der Waals surface area contributed by atoms with Crippen molar-refractivity contribution in [2.75, 3.05) is 0 Å². The highest BCUT2D eigenvalue weighted by molar-refractivity contribution is 7.85. The van der Waals surface area contributed by atoms with E-state index >= 15 is 0 Å². The van der Waals surface area contributed by atoms with E-state index in [2.05, 4.69) is 0 Å². The van der Waals surface area contributed by atoms with Crippen LogP contribution >= 0.6 is 0 Å². The van der Waals surface area contributed by atoms with Gasteiger partial charge in [-0.25, -0.2) is 4.79 Å². The molecule has 1 aromatic rings. The SMILES string of the molecule is O=C(O)c1cccc(S(=O)(=O)O)c1.[NH4+]. The Labute approximate surface area is 80.5 Å². The Morgan fingerprint density at radius 3 is 2.29 bits per heavy atom. The summed E-state index contributed by atoms with van der Waals surface area (Å²) in [7, 11) is -4.32. The Morgan fingerprint density at radius 1 is 1.29 bits per heavy atom. The number of carboxylic acid groups (broad SMARTS) is 1. The second kappa shape index (κ2) is 4.18. The summed E-state index contributed by atoms with van der Waals surface area (Å²) in [6, 6.07) is 4.48. The fraction of sp³-hybridized carbons (Fsp3) is 0. The maximum absolute atomic E-state index is 10.6. The molecule has 0 atom stereocenters. The number of carboxylic acids is 1. The highest BCUT2D eigenvalue weighted by Crippen LogP contribution is 2.10. The molecule has 0 saturated heterocycles. The average Bonchev–Trinajstić information content (AvgIpc) is 2.03. The minimum atomic E-state index is -4.32. The van der Waals surface area contributed by atoms with E-state index < -0.39 is 21.0 Å². The van der Waals surface area contributed by atoms with Gasteiger partial charge in [-0.05, 0) is 18.2 Å². The van der Waals surface area contributed by atoms with Crippen LogP contribution in [0.2, 0.25) is 0 Å². The molecule has 0 bridgehead atoms. The lowest BCUT2D eigenvalue weighted by Crippen LogP contribution is -2.01. The van der Waals surface area contributed by atoms with Crippen molar-refractivity contribution in [1.82, 2.24) is 6.15 Å². The van der Waals surface area contributed by atoms with Crippen LogP contribution in [0.5, 0.6) is 0 Å². The van der Waals surface area contributed by atoms with Crippen molar-refractivity contribution < 1.29 is 22.9 Å². The second-order valence-corrected chi connectivity index (χ2v) is 3.73. The van der Waals surface area contributed by atoms with Gasteiger partial charge in [0.05, 0.1) is 10.5 Å². The Bertz CT molecular complexity index is 439. The smallest absolute Gasteiger partial charge is 0.335 e. The summed E-state index contributed by atoms with van der Waals surface area (Å²) in [5.74, 6) is -1.24. The number of quaternary nitrogens is 1. The lowest BCUT2D eigenvalue weighted by atomic mass is 10.2. The topological polar surface area (TPSA) is 128 Å². The normalized spacial score (nSPS) is 10.4. The van der Waals surface area contributed by atoms with E-state index in [-0.39, 0.29) is 11.7 Å². The molecule has 0 spiro atoms. The van der Waals surface area contributed by atoms with Crippen molar-refractivity contribution in [1.29, 1.82) is 0 Å². The number of hydrogen-bond acceptors (Lipinski definition) is 3. The van der Waals surface area contributed by atoms with E-state index in [1.807, 2.05) is 0 Å². The Kier molecular flexibility index (Phi) is 3.75. The number of rotatable bonds is 2. The fourth-order valence-corrected chi connectivity index (χ4v) is 1.32. The van der Waals surface area contributed by atoms with Gasteiger partial charge >= 0.3 is 5.97 Å². The number of carbonyl (C=O) groups is 1. The molecule has 0 radical (unpaired) electrons. The molecule has 0 unspecified atom stereocenters. The molecule has 0 heterocycles.